The first kappa shape index (κ1) is 20.6. The molecule has 1 aromatic carbocycles. The van der Waals surface area contributed by atoms with Crippen molar-refractivity contribution in [3.05, 3.63) is 59.9 Å². The van der Waals surface area contributed by atoms with Gasteiger partial charge in [-0.25, -0.2) is 9.50 Å². The van der Waals surface area contributed by atoms with Crippen LogP contribution in [0.3, 0.4) is 0 Å². The van der Waals surface area contributed by atoms with Crippen molar-refractivity contribution in [2.75, 3.05) is 31.1 Å². The number of imidazole rings is 1. The minimum absolute atomic E-state index is 0.576. The Kier molecular flexibility index (Phi) is 5.35. The van der Waals surface area contributed by atoms with Crippen molar-refractivity contribution in [3.8, 4) is 22.5 Å². The van der Waals surface area contributed by atoms with Crippen LogP contribution in [0.25, 0.3) is 28.2 Å². The second-order valence-electron chi connectivity index (χ2n) is 8.89. The third-order valence-corrected chi connectivity index (χ3v) is 6.18. The molecule has 4 heterocycles. The Morgan fingerprint density at radius 1 is 0.844 bits per heavy atom. The summed E-state index contributed by atoms with van der Waals surface area (Å²) in [6.45, 7) is 12.8. The Balaban J connectivity index is 1.62. The molecule has 0 unspecified atom stereocenters. The highest BCUT2D eigenvalue weighted by Crippen LogP contribution is 2.33. The normalized spacial score (nSPS) is 15.1. The molecule has 32 heavy (non-hydrogen) atoms. The number of rotatable bonds is 4. The molecule has 0 bridgehead atoms. The average molecular weight is 428 g/mol. The highest BCUT2D eigenvalue weighted by atomic mass is 15.4. The predicted octanol–water partition coefficient (Wildman–Crippen LogP) is 4.00. The van der Waals surface area contributed by atoms with Crippen molar-refractivity contribution in [3.63, 3.8) is 0 Å². The van der Waals surface area contributed by atoms with Crippen molar-refractivity contribution in [2.24, 2.45) is 0 Å². The van der Waals surface area contributed by atoms with E-state index in [9.17, 15) is 0 Å². The van der Waals surface area contributed by atoms with Gasteiger partial charge in [0.05, 0.1) is 18.1 Å². The first-order valence-corrected chi connectivity index (χ1v) is 11.2. The fourth-order valence-electron chi connectivity index (χ4n) is 4.56. The summed E-state index contributed by atoms with van der Waals surface area (Å²) in [5, 5.41) is 13.1. The van der Waals surface area contributed by atoms with Crippen LogP contribution in [0.5, 0.6) is 0 Å². The van der Waals surface area contributed by atoms with Crippen molar-refractivity contribution in [1.29, 1.82) is 0 Å². The molecule has 0 amide bonds. The number of benzene rings is 1. The Morgan fingerprint density at radius 2 is 1.59 bits per heavy atom. The van der Waals surface area contributed by atoms with E-state index in [1.807, 2.05) is 10.6 Å². The number of nitrogens with zero attached hydrogens (tertiary/aromatic N) is 7. The van der Waals surface area contributed by atoms with Gasteiger partial charge in [0.2, 0.25) is 0 Å². The lowest BCUT2D eigenvalue weighted by molar-refractivity contribution is 0.209. The van der Waals surface area contributed by atoms with Gasteiger partial charge in [-0.3, -0.25) is 4.90 Å². The topological polar surface area (TPSA) is 62.5 Å². The third kappa shape index (κ3) is 3.84. The Hall–Kier alpha value is -3.32. The SMILES string of the molecule is Cc1cc(C)cc(-c2nc3ccc(N4CCN(C(C)C)CC4)nn3c2-c2ccnnc2)c1. The molecule has 1 fully saturated rings. The van der Waals surface area contributed by atoms with Crippen molar-refractivity contribution in [1.82, 2.24) is 29.7 Å². The van der Waals surface area contributed by atoms with Crippen LogP contribution in [0.1, 0.15) is 25.0 Å². The number of hydrogen-bond acceptors (Lipinski definition) is 6. The first-order chi connectivity index (χ1) is 15.5. The van der Waals surface area contributed by atoms with Gasteiger partial charge < -0.3 is 4.90 Å². The second-order valence-corrected chi connectivity index (χ2v) is 8.89. The van der Waals surface area contributed by atoms with E-state index in [2.05, 4.69) is 78.0 Å². The van der Waals surface area contributed by atoms with E-state index < -0.39 is 0 Å². The van der Waals surface area contributed by atoms with Crippen LogP contribution < -0.4 is 4.90 Å². The van der Waals surface area contributed by atoms with Gasteiger partial charge in [-0.2, -0.15) is 10.2 Å². The van der Waals surface area contributed by atoms with Crippen LogP contribution >= 0.6 is 0 Å². The molecular formula is C25H29N7. The van der Waals surface area contributed by atoms with Gasteiger partial charge in [-0.15, -0.1) is 5.10 Å². The third-order valence-electron chi connectivity index (χ3n) is 6.18. The zero-order valence-corrected chi connectivity index (χ0v) is 19.2. The van der Waals surface area contributed by atoms with E-state index in [1.54, 1.807) is 12.4 Å². The molecule has 4 aromatic rings. The monoisotopic (exact) mass is 427 g/mol. The molecule has 0 saturated carbocycles. The highest BCUT2D eigenvalue weighted by molar-refractivity contribution is 5.82. The lowest BCUT2D eigenvalue weighted by Crippen LogP contribution is -2.49. The van der Waals surface area contributed by atoms with Crippen molar-refractivity contribution in [2.45, 2.75) is 33.7 Å². The summed E-state index contributed by atoms with van der Waals surface area (Å²) >= 11 is 0. The largest absolute Gasteiger partial charge is 0.353 e. The number of hydrogen-bond donors (Lipinski definition) is 0. The molecule has 7 heteroatoms. The van der Waals surface area contributed by atoms with Gasteiger partial charge in [-0.05, 0) is 58.0 Å². The Morgan fingerprint density at radius 3 is 2.25 bits per heavy atom. The summed E-state index contributed by atoms with van der Waals surface area (Å²) in [5.41, 5.74) is 7.17. The molecule has 1 aliphatic rings. The predicted molar refractivity (Wildman–Crippen MR) is 128 cm³/mol. The highest BCUT2D eigenvalue weighted by Gasteiger charge is 2.22. The Labute approximate surface area is 188 Å². The molecule has 0 atom stereocenters. The molecule has 1 saturated heterocycles. The molecule has 0 spiro atoms. The van der Waals surface area contributed by atoms with Gasteiger partial charge in [0.1, 0.15) is 11.5 Å². The summed E-state index contributed by atoms with van der Waals surface area (Å²) in [7, 11) is 0. The van der Waals surface area contributed by atoms with Gasteiger partial charge in [0.15, 0.2) is 5.65 Å². The van der Waals surface area contributed by atoms with Gasteiger partial charge >= 0.3 is 0 Å². The molecule has 0 aliphatic carbocycles. The number of aryl methyl sites for hydroxylation is 2. The molecule has 0 radical (unpaired) electrons. The minimum atomic E-state index is 0.576. The van der Waals surface area contributed by atoms with E-state index in [0.717, 1.165) is 60.2 Å². The van der Waals surface area contributed by atoms with Gasteiger partial charge in [0, 0.05) is 43.3 Å². The quantitative estimate of drug-likeness (QED) is 0.491. The number of anilines is 1. The maximum Gasteiger partial charge on any atom is 0.155 e. The summed E-state index contributed by atoms with van der Waals surface area (Å²) < 4.78 is 1.97. The molecule has 5 rings (SSSR count). The van der Waals surface area contributed by atoms with Crippen LogP contribution in [0.4, 0.5) is 5.82 Å². The van der Waals surface area contributed by atoms with Crippen molar-refractivity contribution >= 4 is 11.5 Å². The zero-order chi connectivity index (χ0) is 22.2. The van der Waals surface area contributed by atoms with Gasteiger partial charge in [-0.1, -0.05) is 17.2 Å². The van der Waals surface area contributed by atoms with Crippen molar-refractivity contribution < 1.29 is 0 Å². The first-order valence-electron chi connectivity index (χ1n) is 11.2. The standard InChI is InChI=1S/C25H29N7/c1-17(2)30-9-11-31(12-10-30)23-6-5-22-28-24(21-14-18(3)13-19(4)15-21)25(32(22)29-23)20-7-8-26-27-16-20/h5-8,13-17H,9-12H2,1-4H3. The van der Waals surface area contributed by atoms with Crippen LogP contribution in [-0.2, 0) is 0 Å². The second kappa shape index (κ2) is 8.31. The van der Waals surface area contributed by atoms with Crippen LogP contribution in [0, 0.1) is 13.8 Å². The minimum Gasteiger partial charge on any atom is -0.353 e. The molecule has 1 aliphatic heterocycles. The van der Waals surface area contributed by atoms with E-state index >= 15 is 0 Å². The average Bonchev–Trinajstić information content (AvgIpc) is 3.18. The summed E-state index contributed by atoms with van der Waals surface area (Å²) in [4.78, 5) is 9.87. The molecule has 164 valence electrons. The zero-order valence-electron chi connectivity index (χ0n) is 19.2. The van der Waals surface area contributed by atoms with Gasteiger partial charge in [0.25, 0.3) is 0 Å². The van der Waals surface area contributed by atoms with E-state index in [-0.39, 0.29) is 0 Å². The smallest absolute Gasteiger partial charge is 0.155 e. The lowest BCUT2D eigenvalue weighted by atomic mass is 10.0. The fraction of sp³-hybridized carbons (Fsp3) is 0.360. The van der Waals surface area contributed by atoms with Crippen LogP contribution in [-0.4, -0.2) is 61.9 Å². The lowest BCUT2D eigenvalue weighted by Gasteiger charge is -2.37. The summed E-state index contributed by atoms with van der Waals surface area (Å²) in [5.74, 6) is 0.980. The number of aromatic nitrogens is 5. The molecular weight excluding hydrogens is 398 g/mol. The molecule has 7 nitrogen and oxygen atoms in total. The maximum absolute atomic E-state index is 5.05. The number of fused-ring (bicyclic) bond motifs is 1. The Bertz CT molecular complexity index is 1220. The maximum atomic E-state index is 5.05. The number of piperazine rings is 1. The van der Waals surface area contributed by atoms with E-state index in [0.29, 0.717) is 6.04 Å². The van der Waals surface area contributed by atoms with E-state index in [1.165, 1.54) is 11.1 Å². The van der Waals surface area contributed by atoms with E-state index in [4.69, 9.17) is 10.1 Å². The molecule has 0 N–H and O–H groups in total. The molecule has 3 aromatic heterocycles. The van der Waals surface area contributed by atoms with Crippen LogP contribution in [0.2, 0.25) is 0 Å². The van der Waals surface area contributed by atoms with Crippen LogP contribution in [0.15, 0.2) is 48.8 Å². The summed E-state index contributed by atoms with van der Waals surface area (Å²) in [6.07, 6.45) is 3.50. The summed E-state index contributed by atoms with van der Waals surface area (Å²) in [6, 6.07) is 13.2. The fourth-order valence-corrected chi connectivity index (χ4v) is 4.56.